The summed E-state index contributed by atoms with van der Waals surface area (Å²) in [5.74, 6) is 0.429. The minimum Gasteiger partial charge on any atom is -0.376 e. The van der Waals surface area contributed by atoms with Gasteiger partial charge in [-0.15, -0.1) is 6.58 Å². The summed E-state index contributed by atoms with van der Waals surface area (Å²) in [6, 6.07) is 0.0752. The molecule has 1 saturated carbocycles. The molecular formula is C10H16N2O2. The Hall–Kier alpha value is -0.870. The second kappa shape index (κ2) is 3.71. The van der Waals surface area contributed by atoms with Crippen molar-refractivity contribution >= 4 is 5.91 Å². The number of carbonyl (C=O) groups excluding carboxylic acids is 1. The molecule has 0 spiro atoms. The molecule has 1 aliphatic carbocycles. The van der Waals surface area contributed by atoms with Crippen LogP contribution in [-0.4, -0.2) is 30.7 Å². The molecule has 78 valence electrons. The average molecular weight is 196 g/mol. The van der Waals surface area contributed by atoms with Gasteiger partial charge in [-0.2, -0.15) is 0 Å². The third-order valence-corrected chi connectivity index (χ3v) is 3.10. The highest BCUT2D eigenvalue weighted by molar-refractivity contribution is 5.78. The molecule has 0 aromatic carbocycles. The topological polar surface area (TPSA) is 64.4 Å². The number of hydrogen-bond donors (Lipinski definition) is 2. The zero-order valence-electron chi connectivity index (χ0n) is 8.11. The summed E-state index contributed by atoms with van der Waals surface area (Å²) in [6.07, 6.45) is 3.12. The second-order valence-electron chi connectivity index (χ2n) is 3.95. The number of carbonyl (C=O) groups is 1. The van der Waals surface area contributed by atoms with Crippen LogP contribution in [0, 0.1) is 5.92 Å². The molecule has 3 N–H and O–H groups in total. The molecule has 2 rings (SSSR count). The predicted molar refractivity (Wildman–Crippen MR) is 52.6 cm³/mol. The normalized spacial score (nSPS) is 39.8. The van der Waals surface area contributed by atoms with E-state index in [2.05, 4.69) is 11.9 Å². The molecule has 0 radical (unpaired) electrons. The van der Waals surface area contributed by atoms with E-state index < -0.39 is 0 Å². The van der Waals surface area contributed by atoms with Crippen LogP contribution in [0.2, 0.25) is 0 Å². The Kier molecular flexibility index (Phi) is 2.56. The second-order valence-corrected chi connectivity index (χ2v) is 3.95. The van der Waals surface area contributed by atoms with Gasteiger partial charge in [0.05, 0.1) is 12.1 Å². The molecule has 2 aliphatic rings. The van der Waals surface area contributed by atoms with Gasteiger partial charge in [-0.3, -0.25) is 4.79 Å². The van der Waals surface area contributed by atoms with Gasteiger partial charge in [0.2, 0.25) is 5.91 Å². The van der Waals surface area contributed by atoms with Crippen molar-refractivity contribution in [3.8, 4) is 0 Å². The highest BCUT2D eigenvalue weighted by Gasteiger charge is 2.52. The van der Waals surface area contributed by atoms with Crippen molar-refractivity contribution in [3.05, 3.63) is 12.7 Å². The number of fused-ring (bicyclic) bond motifs is 1. The van der Waals surface area contributed by atoms with E-state index in [0.29, 0.717) is 12.3 Å². The molecule has 2 fully saturated rings. The van der Waals surface area contributed by atoms with Crippen LogP contribution in [0.1, 0.15) is 12.8 Å². The Morgan fingerprint density at radius 2 is 2.50 bits per heavy atom. The van der Waals surface area contributed by atoms with Crippen molar-refractivity contribution in [1.82, 2.24) is 5.32 Å². The molecule has 0 aromatic heterocycles. The highest BCUT2D eigenvalue weighted by atomic mass is 16.5. The molecule has 0 aromatic rings. The van der Waals surface area contributed by atoms with Gasteiger partial charge in [-0.25, -0.2) is 0 Å². The maximum atomic E-state index is 11.3. The SMILES string of the molecule is C=CCC(=O)NC1C(N)C2CCOC21. The summed E-state index contributed by atoms with van der Waals surface area (Å²) in [6.45, 7) is 4.29. The van der Waals surface area contributed by atoms with E-state index in [0.717, 1.165) is 13.0 Å². The van der Waals surface area contributed by atoms with Gasteiger partial charge in [0.15, 0.2) is 0 Å². The zero-order chi connectivity index (χ0) is 10.1. The van der Waals surface area contributed by atoms with Crippen LogP contribution in [0.5, 0.6) is 0 Å². The summed E-state index contributed by atoms with van der Waals surface area (Å²) in [7, 11) is 0. The van der Waals surface area contributed by atoms with E-state index in [1.807, 2.05) is 0 Å². The molecule has 4 heteroatoms. The fraction of sp³-hybridized carbons (Fsp3) is 0.700. The molecule has 0 bridgehead atoms. The van der Waals surface area contributed by atoms with Gasteiger partial charge < -0.3 is 15.8 Å². The van der Waals surface area contributed by atoms with E-state index in [1.165, 1.54) is 0 Å². The number of nitrogens with two attached hydrogens (primary N) is 1. The Bertz CT molecular complexity index is 255. The molecule has 1 heterocycles. The van der Waals surface area contributed by atoms with Crippen molar-refractivity contribution in [2.75, 3.05) is 6.61 Å². The number of ether oxygens (including phenoxy) is 1. The number of hydrogen-bond acceptors (Lipinski definition) is 3. The summed E-state index contributed by atoms with van der Waals surface area (Å²) >= 11 is 0. The standard InChI is InChI=1S/C10H16N2O2/c1-2-3-7(13)12-9-8(11)6-4-5-14-10(6)9/h2,6,8-10H,1,3-5,11H2,(H,12,13). The van der Waals surface area contributed by atoms with Crippen LogP contribution in [0.15, 0.2) is 12.7 Å². The minimum atomic E-state index is -0.0191. The Morgan fingerprint density at radius 1 is 1.71 bits per heavy atom. The van der Waals surface area contributed by atoms with Crippen LogP contribution in [0.3, 0.4) is 0 Å². The zero-order valence-corrected chi connectivity index (χ0v) is 8.11. The molecule has 14 heavy (non-hydrogen) atoms. The lowest BCUT2D eigenvalue weighted by molar-refractivity contribution is -0.124. The first-order chi connectivity index (χ1) is 6.74. The fourth-order valence-electron chi connectivity index (χ4n) is 2.30. The quantitative estimate of drug-likeness (QED) is 0.614. The first kappa shape index (κ1) is 9.68. The first-order valence-electron chi connectivity index (χ1n) is 5.01. The summed E-state index contributed by atoms with van der Waals surface area (Å²) in [5.41, 5.74) is 5.93. The monoisotopic (exact) mass is 196 g/mol. The molecule has 4 atom stereocenters. The maximum Gasteiger partial charge on any atom is 0.224 e. The smallest absolute Gasteiger partial charge is 0.224 e. The molecule has 1 aliphatic heterocycles. The fourth-order valence-corrected chi connectivity index (χ4v) is 2.30. The predicted octanol–water partition coefficient (Wildman–Crippen LogP) is -0.207. The summed E-state index contributed by atoms with van der Waals surface area (Å²) < 4.78 is 5.49. The van der Waals surface area contributed by atoms with E-state index in [1.54, 1.807) is 6.08 Å². The van der Waals surface area contributed by atoms with Crippen LogP contribution >= 0.6 is 0 Å². The number of amides is 1. The van der Waals surface area contributed by atoms with E-state index in [-0.39, 0.29) is 24.1 Å². The van der Waals surface area contributed by atoms with Crippen LogP contribution < -0.4 is 11.1 Å². The Balaban J connectivity index is 1.87. The van der Waals surface area contributed by atoms with Gasteiger partial charge in [0.25, 0.3) is 0 Å². The van der Waals surface area contributed by atoms with Crippen molar-refractivity contribution in [3.63, 3.8) is 0 Å². The average Bonchev–Trinajstić information content (AvgIpc) is 2.59. The minimum absolute atomic E-state index is 0.00921. The molecule has 4 unspecified atom stereocenters. The molecule has 4 nitrogen and oxygen atoms in total. The van der Waals surface area contributed by atoms with Crippen LogP contribution in [-0.2, 0) is 9.53 Å². The van der Waals surface area contributed by atoms with Crippen LogP contribution in [0.4, 0.5) is 0 Å². The molecule has 1 saturated heterocycles. The first-order valence-corrected chi connectivity index (χ1v) is 5.01. The van der Waals surface area contributed by atoms with Gasteiger partial charge >= 0.3 is 0 Å². The van der Waals surface area contributed by atoms with E-state index in [9.17, 15) is 4.79 Å². The lowest BCUT2D eigenvalue weighted by Crippen LogP contribution is -2.68. The largest absolute Gasteiger partial charge is 0.376 e. The number of nitrogens with one attached hydrogen (secondary N) is 1. The Labute approximate surface area is 83.5 Å². The lowest BCUT2D eigenvalue weighted by atomic mass is 9.72. The Morgan fingerprint density at radius 3 is 3.21 bits per heavy atom. The van der Waals surface area contributed by atoms with Gasteiger partial charge in [0, 0.05) is 25.0 Å². The van der Waals surface area contributed by atoms with E-state index >= 15 is 0 Å². The van der Waals surface area contributed by atoms with Crippen molar-refractivity contribution < 1.29 is 9.53 Å². The van der Waals surface area contributed by atoms with Gasteiger partial charge in [-0.1, -0.05) is 6.08 Å². The third kappa shape index (κ3) is 1.44. The van der Waals surface area contributed by atoms with Gasteiger partial charge in [0.1, 0.15) is 0 Å². The number of rotatable bonds is 3. The lowest BCUT2D eigenvalue weighted by Gasteiger charge is -2.45. The van der Waals surface area contributed by atoms with Gasteiger partial charge in [-0.05, 0) is 6.42 Å². The highest BCUT2D eigenvalue weighted by Crippen LogP contribution is 2.37. The maximum absolute atomic E-state index is 11.3. The van der Waals surface area contributed by atoms with Crippen molar-refractivity contribution in [1.29, 1.82) is 0 Å². The molecule has 1 amide bonds. The summed E-state index contributed by atoms with van der Waals surface area (Å²) in [5, 5.41) is 2.88. The third-order valence-electron chi connectivity index (χ3n) is 3.10. The van der Waals surface area contributed by atoms with E-state index in [4.69, 9.17) is 10.5 Å². The molecular weight excluding hydrogens is 180 g/mol. The van der Waals surface area contributed by atoms with Crippen molar-refractivity contribution in [2.24, 2.45) is 11.7 Å². The van der Waals surface area contributed by atoms with Crippen molar-refractivity contribution in [2.45, 2.75) is 31.0 Å². The van der Waals surface area contributed by atoms with Crippen LogP contribution in [0.25, 0.3) is 0 Å². The summed E-state index contributed by atoms with van der Waals surface area (Å²) in [4.78, 5) is 11.3.